The van der Waals surface area contributed by atoms with E-state index in [-0.39, 0.29) is 18.6 Å². The molecule has 0 bridgehead atoms. The van der Waals surface area contributed by atoms with Crippen LogP contribution in [0.4, 0.5) is 5.82 Å². The van der Waals surface area contributed by atoms with Gasteiger partial charge < -0.3 is 25.2 Å². The van der Waals surface area contributed by atoms with Crippen molar-refractivity contribution in [3.63, 3.8) is 0 Å². The molecule has 1 atom stereocenters. The zero-order valence-corrected chi connectivity index (χ0v) is 20.0. The molecule has 186 valence electrons. The summed E-state index contributed by atoms with van der Waals surface area (Å²) in [7, 11) is 0. The van der Waals surface area contributed by atoms with E-state index in [0.717, 1.165) is 60.7 Å². The van der Waals surface area contributed by atoms with Gasteiger partial charge in [-0.2, -0.15) is 0 Å². The van der Waals surface area contributed by atoms with E-state index in [2.05, 4.69) is 37.5 Å². The van der Waals surface area contributed by atoms with Crippen LogP contribution < -0.4 is 10.6 Å². The molecule has 12 heteroatoms. The molecule has 0 spiro atoms. The van der Waals surface area contributed by atoms with Crippen molar-refractivity contribution in [2.24, 2.45) is 5.92 Å². The van der Waals surface area contributed by atoms with Crippen LogP contribution in [0.3, 0.4) is 0 Å². The number of nitrogens with one attached hydrogen (secondary N) is 2. The molecule has 0 radical (unpaired) electrons. The molecule has 3 aromatic heterocycles. The fourth-order valence-electron chi connectivity index (χ4n) is 4.05. The summed E-state index contributed by atoms with van der Waals surface area (Å²) in [5.41, 5.74) is 2.37. The molecular formula is C23H31N9O3. The predicted octanol–water partition coefficient (Wildman–Crippen LogP) is 0.759. The molecule has 2 amide bonds. The fraction of sp³-hybridized carbons (Fsp3) is 0.522. The second-order valence-electron chi connectivity index (χ2n) is 8.58. The number of aryl methyl sites for hydroxylation is 2. The minimum atomic E-state index is 0.0126. The van der Waals surface area contributed by atoms with Crippen molar-refractivity contribution < 1.29 is 14.7 Å². The lowest BCUT2D eigenvalue weighted by atomic mass is 10.2. The first-order valence-electron chi connectivity index (χ1n) is 11.9. The molecule has 2 aliphatic rings. The monoisotopic (exact) mass is 481 g/mol. The highest BCUT2D eigenvalue weighted by atomic mass is 16.3. The number of rotatable bonds is 8. The topological polar surface area (TPSA) is 151 Å². The van der Waals surface area contributed by atoms with E-state index in [9.17, 15) is 9.59 Å². The molecule has 1 aliphatic carbocycles. The molecule has 12 nitrogen and oxygen atoms in total. The maximum absolute atomic E-state index is 12.3. The summed E-state index contributed by atoms with van der Waals surface area (Å²) in [4.78, 5) is 46.0. The second kappa shape index (κ2) is 11.2. The lowest BCUT2D eigenvalue weighted by Crippen LogP contribution is -2.32. The molecule has 1 saturated heterocycles. The first-order chi connectivity index (χ1) is 17.0. The van der Waals surface area contributed by atoms with Crippen LogP contribution in [0.5, 0.6) is 0 Å². The minimum absolute atomic E-state index is 0.0126. The quantitative estimate of drug-likeness (QED) is 0.313. The number of aliphatic hydroxyl groups excluding tert-OH is 1. The van der Waals surface area contributed by atoms with Gasteiger partial charge in [0.05, 0.1) is 12.2 Å². The predicted molar refractivity (Wildman–Crippen MR) is 129 cm³/mol. The molecule has 4 heterocycles. The number of likely N-dealkylation sites (tertiary alicyclic amines) is 1. The Balaban J connectivity index is 0.000000431. The van der Waals surface area contributed by atoms with E-state index in [0.29, 0.717) is 31.2 Å². The number of anilines is 1. The van der Waals surface area contributed by atoms with Gasteiger partial charge in [0.15, 0.2) is 17.0 Å². The van der Waals surface area contributed by atoms with Gasteiger partial charge in [-0.1, -0.05) is 0 Å². The van der Waals surface area contributed by atoms with Gasteiger partial charge in [0.2, 0.25) is 12.3 Å². The number of fused-ring (bicyclic) bond motifs is 1. The number of nitrogens with zero attached hydrogens (tertiary/aromatic N) is 7. The van der Waals surface area contributed by atoms with Crippen molar-refractivity contribution in [2.45, 2.75) is 45.7 Å². The molecule has 1 saturated carbocycles. The number of hydrogen-bond acceptors (Lipinski definition) is 9. The van der Waals surface area contributed by atoms with Crippen LogP contribution in [-0.2, 0) is 16.1 Å². The average molecular weight is 482 g/mol. The fourth-order valence-corrected chi connectivity index (χ4v) is 4.05. The van der Waals surface area contributed by atoms with Crippen molar-refractivity contribution in [3.05, 3.63) is 24.5 Å². The zero-order valence-electron chi connectivity index (χ0n) is 20.0. The van der Waals surface area contributed by atoms with Crippen molar-refractivity contribution in [3.8, 4) is 11.4 Å². The number of carbonyl (C=O) groups is 2. The van der Waals surface area contributed by atoms with Crippen LogP contribution in [0.25, 0.3) is 22.6 Å². The number of amides is 2. The van der Waals surface area contributed by atoms with Gasteiger partial charge in [-0.15, -0.1) is 0 Å². The van der Waals surface area contributed by atoms with Crippen LogP contribution in [0.1, 0.15) is 32.0 Å². The minimum Gasteiger partial charge on any atom is -0.395 e. The van der Waals surface area contributed by atoms with Crippen molar-refractivity contribution in [1.29, 1.82) is 0 Å². The molecule has 5 rings (SSSR count). The van der Waals surface area contributed by atoms with Crippen molar-refractivity contribution >= 4 is 29.3 Å². The normalized spacial score (nSPS) is 17.1. The van der Waals surface area contributed by atoms with Crippen molar-refractivity contribution in [1.82, 2.24) is 39.7 Å². The number of hydrogen-bond donors (Lipinski definition) is 3. The van der Waals surface area contributed by atoms with Crippen LogP contribution in [-0.4, -0.2) is 84.1 Å². The highest BCUT2D eigenvalue weighted by Crippen LogP contribution is 2.33. The first kappa shape index (κ1) is 24.5. The Labute approximate surface area is 203 Å². The number of imidazole rings is 1. The highest BCUT2D eigenvalue weighted by Gasteiger charge is 2.36. The van der Waals surface area contributed by atoms with Crippen LogP contribution in [0.2, 0.25) is 0 Å². The van der Waals surface area contributed by atoms with Crippen LogP contribution >= 0.6 is 0 Å². The summed E-state index contributed by atoms with van der Waals surface area (Å²) in [6.45, 7) is 6.53. The molecule has 1 unspecified atom stereocenters. The lowest BCUT2D eigenvalue weighted by molar-refractivity contribution is -0.131. The molecule has 1 aliphatic heterocycles. The Kier molecular flexibility index (Phi) is 7.80. The maximum atomic E-state index is 12.3. The van der Waals surface area contributed by atoms with E-state index < -0.39 is 0 Å². The average Bonchev–Trinajstić information content (AvgIpc) is 3.50. The number of aliphatic hydroxyl groups is 1. The van der Waals surface area contributed by atoms with E-state index in [1.54, 1.807) is 18.7 Å². The summed E-state index contributed by atoms with van der Waals surface area (Å²) in [6.07, 6.45) is 8.69. The summed E-state index contributed by atoms with van der Waals surface area (Å²) in [5, 5.41) is 13.7. The standard InChI is InChI=1S/C20H24N8O.C3H7NO2/c1-3-28-18(14-8-21-12(2)22-9-14)26-16-17(23-11-24-19(16)28)25-15-6-7-27(10-15)20(29)13-4-5-13;5-2-1-4-3-6/h8-9,11,13,15H,3-7,10H2,1-2H3,(H,23,24,25);3,5H,1-2H2,(H,4,6). The van der Waals surface area contributed by atoms with Crippen LogP contribution in [0.15, 0.2) is 18.7 Å². The van der Waals surface area contributed by atoms with Gasteiger partial charge in [0, 0.05) is 50.5 Å². The summed E-state index contributed by atoms with van der Waals surface area (Å²) in [5.74, 6) is 2.78. The van der Waals surface area contributed by atoms with Crippen LogP contribution in [0, 0.1) is 12.8 Å². The Hall–Kier alpha value is -3.67. The molecular weight excluding hydrogens is 450 g/mol. The van der Waals surface area contributed by atoms with E-state index in [1.165, 1.54) is 0 Å². The van der Waals surface area contributed by atoms with Gasteiger partial charge in [0.25, 0.3) is 0 Å². The summed E-state index contributed by atoms with van der Waals surface area (Å²) >= 11 is 0. The third kappa shape index (κ3) is 5.70. The van der Waals surface area contributed by atoms with E-state index in [4.69, 9.17) is 10.1 Å². The Morgan fingerprint density at radius 3 is 2.60 bits per heavy atom. The maximum Gasteiger partial charge on any atom is 0.225 e. The second-order valence-corrected chi connectivity index (χ2v) is 8.58. The van der Waals surface area contributed by atoms with E-state index >= 15 is 0 Å². The van der Waals surface area contributed by atoms with E-state index in [1.807, 2.05) is 16.4 Å². The number of aromatic nitrogens is 6. The summed E-state index contributed by atoms with van der Waals surface area (Å²) < 4.78 is 2.05. The molecule has 2 fully saturated rings. The third-order valence-corrected chi connectivity index (χ3v) is 5.99. The molecule has 3 N–H and O–H groups in total. The number of carbonyl (C=O) groups excluding carboxylic acids is 2. The lowest BCUT2D eigenvalue weighted by Gasteiger charge is -2.17. The van der Waals surface area contributed by atoms with Gasteiger partial charge >= 0.3 is 0 Å². The van der Waals surface area contributed by atoms with Crippen molar-refractivity contribution in [2.75, 3.05) is 31.6 Å². The van der Waals surface area contributed by atoms with Gasteiger partial charge in [-0.25, -0.2) is 24.9 Å². The summed E-state index contributed by atoms with van der Waals surface area (Å²) in [6, 6.07) is 0.175. The zero-order chi connectivity index (χ0) is 24.8. The van der Waals surface area contributed by atoms with Gasteiger partial charge in [-0.3, -0.25) is 9.59 Å². The molecule has 0 aromatic carbocycles. The molecule has 35 heavy (non-hydrogen) atoms. The third-order valence-electron chi connectivity index (χ3n) is 5.99. The Morgan fingerprint density at radius 2 is 1.97 bits per heavy atom. The van der Waals surface area contributed by atoms with Gasteiger partial charge in [-0.05, 0) is 33.1 Å². The molecule has 3 aromatic rings. The van der Waals surface area contributed by atoms with Gasteiger partial charge in [0.1, 0.15) is 18.0 Å². The first-order valence-corrected chi connectivity index (χ1v) is 11.9. The Bertz CT molecular complexity index is 1160. The largest absolute Gasteiger partial charge is 0.395 e. The SMILES string of the molecule is CCn1c(-c2cnc(C)nc2)nc2c(NC3CCN(C(=O)C4CC4)C3)ncnc21.O=CNCCO. The highest BCUT2D eigenvalue weighted by molar-refractivity contribution is 5.86. The smallest absolute Gasteiger partial charge is 0.225 e. The Morgan fingerprint density at radius 1 is 1.20 bits per heavy atom.